The van der Waals surface area contributed by atoms with Crippen LogP contribution in [0.15, 0.2) is 33.7 Å². The fourth-order valence-electron chi connectivity index (χ4n) is 3.31. The molecule has 2 N–H and O–H groups in total. The molecule has 0 amide bonds. The molecule has 126 valence electrons. The van der Waals surface area contributed by atoms with Gasteiger partial charge in [0, 0.05) is 23.5 Å². The Kier molecular flexibility index (Phi) is 5.05. The van der Waals surface area contributed by atoms with Crippen LogP contribution in [0.4, 0.5) is 0 Å². The molecular weight excluding hydrogens is 300 g/mol. The molecule has 1 heterocycles. The van der Waals surface area contributed by atoms with Crippen LogP contribution in [0.2, 0.25) is 0 Å². The number of hydrogen-bond donors (Lipinski definition) is 2. The Morgan fingerprint density at radius 1 is 1.38 bits per heavy atom. The van der Waals surface area contributed by atoms with Gasteiger partial charge >= 0.3 is 0 Å². The summed E-state index contributed by atoms with van der Waals surface area (Å²) in [6, 6.07) is 10.6. The standard InChI is InChI=1S/C19H24N4O/c1-3-21-19(23-16-9-6-7-14(16)11-20)22-12-18-13(2)15-8-4-5-10-17(15)24-18/h4-5,8,10,14,16H,3,6-7,9,12H2,1-2H3,(H2,21,22,23). The molecule has 0 spiro atoms. The van der Waals surface area contributed by atoms with E-state index < -0.39 is 0 Å². The molecule has 0 saturated heterocycles. The van der Waals surface area contributed by atoms with Gasteiger partial charge in [-0.2, -0.15) is 5.26 Å². The smallest absolute Gasteiger partial charge is 0.191 e. The molecule has 1 aliphatic carbocycles. The summed E-state index contributed by atoms with van der Waals surface area (Å²) < 4.78 is 5.92. The second-order valence-electron chi connectivity index (χ2n) is 6.26. The van der Waals surface area contributed by atoms with Crippen molar-refractivity contribution >= 4 is 16.9 Å². The third kappa shape index (κ3) is 3.38. The predicted molar refractivity (Wildman–Crippen MR) is 95.6 cm³/mol. The summed E-state index contributed by atoms with van der Waals surface area (Å²) in [4.78, 5) is 4.66. The second kappa shape index (κ2) is 7.39. The lowest BCUT2D eigenvalue weighted by molar-refractivity contribution is 0.526. The number of furan rings is 1. The molecule has 1 fully saturated rings. The first-order valence-corrected chi connectivity index (χ1v) is 8.64. The number of hydrogen-bond acceptors (Lipinski definition) is 3. The maximum Gasteiger partial charge on any atom is 0.191 e. The van der Waals surface area contributed by atoms with Gasteiger partial charge in [-0.3, -0.25) is 0 Å². The Hall–Kier alpha value is -2.48. The largest absolute Gasteiger partial charge is 0.459 e. The summed E-state index contributed by atoms with van der Waals surface area (Å²) >= 11 is 0. The molecule has 5 nitrogen and oxygen atoms in total. The highest BCUT2D eigenvalue weighted by Gasteiger charge is 2.27. The molecule has 3 rings (SSSR count). The highest BCUT2D eigenvalue weighted by Crippen LogP contribution is 2.26. The van der Waals surface area contributed by atoms with Crippen molar-refractivity contribution in [3.8, 4) is 6.07 Å². The number of nitrogens with one attached hydrogen (secondary N) is 2. The summed E-state index contributed by atoms with van der Waals surface area (Å²) in [5.41, 5.74) is 2.04. The van der Waals surface area contributed by atoms with E-state index in [-0.39, 0.29) is 12.0 Å². The first kappa shape index (κ1) is 16.4. The van der Waals surface area contributed by atoms with Gasteiger partial charge in [0.15, 0.2) is 5.96 Å². The number of guanidine groups is 1. The minimum absolute atomic E-state index is 0.0711. The van der Waals surface area contributed by atoms with Crippen LogP contribution in [-0.2, 0) is 6.54 Å². The van der Waals surface area contributed by atoms with Gasteiger partial charge in [0.1, 0.15) is 17.9 Å². The molecule has 1 aliphatic rings. The molecule has 2 unspecified atom stereocenters. The number of para-hydroxylation sites is 1. The lowest BCUT2D eigenvalue weighted by Gasteiger charge is -2.19. The molecule has 2 atom stereocenters. The van der Waals surface area contributed by atoms with Gasteiger partial charge in [-0.25, -0.2) is 4.99 Å². The minimum Gasteiger partial charge on any atom is -0.459 e. The van der Waals surface area contributed by atoms with E-state index in [4.69, 9.17) is 4.42 Å². The zero-order chi connectivity index (χ0) is 16.9. The fraction of sp³-hybridized carbons (Fsp3) is 0.474. The zero-order valence-electron chi connectivity index (χ0n) is 14.3. The van der Waals surface area contributed by atoms with Crippen molar-refractivity contribution < 1.29 is 4.42 Å². The first-order chi connectivity index (χ1) is 11.7. The molecule has 1 aromatic heterocycles. The number of aryl methyl sites for hydroxylation is 1. The van der Waals surface area contributed by atoms with E-state index in [1.54, 1.807) is 0 Å². The average molecular weight is 324 g/mol. The molecular formula is C19H24N4O. The number of rotatable bonds is 4. The number of benzene rings is 1. The monoisotopic (exact) mass is 324 g/mol. The van der Waals surface area contributed by atoms with E-state index in [9.17, 15) is 5.26 Å². The Morgan fingerprint density at radius 3 is 2.96 bits per heavy atom. The minimum atomic E-state index is 0.0711. The van der Waals surface area contributed by atoms with Crippen LogP contribution in [0.1, 0.15) is 37.5 Å². The number of fused-ring (bicyclic) bond motifs is 1. The van der Waals surface area contributed by atoms with E-state index in [1.807, 2.05) is 25.1 Å². The predicted octanol–water partition coefficient (Wildman–Crippen LogP) is 3.49. The maximum absolute atomic E-state index is 9.24. The van der Waals surface area contributed by atoms with Crippen molar-refractivity contribution in [1.82, 2.24) is 10.6 Å². The highest BCUT2D eigenvalue weighted by molar-refractivity contribution is 5.82. The van der Waals surface area contributed by atoms with Crippen molar-refractivity contribution in [1.29, 1.82) is 5.26 Å². The van der Waals surface area contributed by atoms with Crippen LogP contribution in [0.5, 0.6) is 0 Å². The van der Waals surface area contributed by atoms with Crippen LogP contribution in [0, 0.1) is 24.2 Å². The highest BCUT2D eigenvalue weighted by atomic mass is 16.3. The quantitative estimate of drug-likeness (QED) is 0.667. The van der Waals surface area contributed by atoms with Crippen molar-refractivity contribution in [2.75, 3.05) is 6.54 Å². The van der Waals surface area contributed by atoms with Crippen LogP contribution in [0.25, 0.3) is 11.0 Å². The van der Waals surface area contributed by atoms with Gasteiger partial charge in [-0.05, 0) is 39.2 Å². The van der Waals surface area contributed by atoms with Crippen LogP contribution < -0.4 is 10.6 Å². The Labute approximate surface area is 142 Å². The summed E-state index contributed by atoms with van der Waals surface area (Å²) in [7, 11) is 0. The molecule has 5 heteroatoms. The molecule has 1 aromatic carbocycles. The number of nitriles is 1. The van der Waals surface area contributed by atoms with E-state index in [0.717, 1.165) is 54.1 Å². The molecule has 0 aliphatic heterocycles. The fourth-order valence-corrected chi connectivity index (χ4v) is 3.31. The zero-order valence-corrected chi connectivity index (χ0v) is 14.3. The summed E-state index contributed by atoms with van der Waals surface area (Å²) in [5, 5.41) is 17.1. The molecule has 2 aromatic rings. The number of aliphatic imine (C=N–C) groups is 1. The second-order valence-corrected chi connectivity index (χ2v) is 6.26. The van der Waals surface area contributed by atoms with Crippen molar-refractivity contribution in [3.05, 3.63) is 35.6 Å². The van der Waals surface area contributed by atoms with Crippen molar-refractivity contribution in [3.63, 3.8) is 0 Å². The van der Waals surface area contributed by atoms with Crippen molar-refractivity contribution in [2.45, 2.75) is 45.7 Å². The lowest BCUT2D eigenvalue weighted by atomic mass is 10.1. The van der Waals surface area contributed by atoms with Crippen LogP contribution in [0.3, 0.4) is 0 Å². The first-order valence-electron chi connectivity index (χ1n) is 8.64. The van der Waals surface area contributed by atoms with Gasteiger partial charge in [0.25, 0.3) is 0 Å². The van der Waals surface area contributed by atoms with Crippen LogP contribution in [-0.4, -0.2) is 18.5 Å². The third-order valence-electron chi connectivity index (χ3n) is 4.67. The summed E-state index contributed by atoms with van der Waals surface area (Å²) in [6.45, 7) is 5.38. The van der Waals surface area contributed by atoms with Gasteiger partial charge < -0.3 is 15.1 Å². The molecule has 0 bridgehead atoms. The van der Waals surface area contributed by atoms with Crippen LogP contribution >= 0.6 is 0 Å². The average Bonchev–Trinajstić information content (AvgIpc) is 3.17. The summed E-state index contributed by atoms with van der Waals surface area (Å²) in [5.74, 6) is 1.71. The van der Waals surface area contributed by atoms with Gasteiger partial charge in [-0.1, -0.05) is 18.2 Å². The Morgan fingerprint density at radius 2 is 2.21 bits per heavy atom. The van der Waals surface area contributed by atoms with E-state index in [2.05, 4.69) is 34.7 Å². The third-order valence-corrected chi connectivity index (χ3v) is 4.67. The Bertz CT molecular complexity index is 771. The van der Waals surface area contributed by atoms with Gasteiger partial charge in [0.05, 0.1) is 12.0 Å². The normalized spacial score (nSPS) is 21.0. The Balaban J connectivity index is 1.75. The maximum atomic E-state index is 9.24. The summed E-state index contributed by atoms with van der Waals surface area (Å²) in [6.07, 6.45) is 3.08. The van der Waals surface area contributed by atoms with E-state index in [1.165, 1.54) is 0 Å². The van der Waals surface area contributed by atoms with E-state index in [0.29, 0.717) is 6.54 Å². The van der Waals surface area contributed by atoms with Gasteiger partial charge in [-0.15, -0.1) is 0 Å². The molecule has 1 saturated carbocycles. The topological polar surface area (TPSA) is 73.3 Å². The molecule has 24 heavy (non-hydrogen) atoms. The van der Waals surface area contributed by atoms with Gasteiger partial charge in [0.2, 0.25) is 0 Å². The molecule has 0 radical (unpaired) electrons. The number of nitrogens with zero attached hydrogens (tertiary/aromatic N) is 2. The van der Waals surface area contributed by atoms with E-state index >= 15 is 0 Å². The lowest BCUT2D eigenvalue weighted by Crippen LogP contribution is -2.44. The van der Waals surface area contributed by atoms with Crippen molar-refractivity contribution in [2.24, 2.45) is 10.9 Å². The SMILES string of the molecule is CCNC(=NCc1oc2ccccc2c1C)NC1CCCC1C#N.